The Bertz CT molecular complexity index is 1110. The molecule has 0 aliphatic heterocycles. The zero-order chi connectivity index (χ0) is 23.3. The van der Waals surface area contributed by atoms with Crippen molar-refractivity contribution in [2.45, 2.75) is 24.8 Å². The molecule has 0 fully saturated rings. The number of nitrogens with zero attached hydrogens (tertiary/aromatic N) is 3. The molecule has 0 aliphatic carbocycles. The maximum absolute atomic E-state index is 12.8. The quantitative estimate of drug-likeness (QED) is 0.521. The molecule has 3 aromatic rings. The van der Waals surface area contributed by atoms with Gasteiger partial charge in [0, 0.05) is 18.3 Å². The van der Waals surface area contributed by atoms with Gasteiger partial charge in [0.2, 0.25) is 5.91 Å². The molecular formula is C21H20F3N5O2S. The minimum Gasteiger partial charge on any atom is -0.345 e. The normalized spacial score (nSPS) is 11.3. The summed E-state index contributed by atoms with van der Waals surface area (Å²) in [7, 11) is 1.69. The Kier molecular flexibility index (Phi) is 7.18. The lowest BCUT2D eigenvalue weighted by molar-refractivity contribution is -0.137. The van der Waals surface area contributed by atoms with Crippen LogP contribution in [0.2, 0.25) is 0 Å². The topological polar surface area (TPSA) is 88.9 Å². The van der Waals surface area contributed by atoms with Crippen molar-refractivity contribution in [1.29, 1.82) is 0 Å². The lowest BCUT2D eigenvalue weighted by Gasteiger charge is -2.10. The summed E-state index contributed by atoms with van der Waals surface area (Å²) in [5.41, 5.74) is 0.795. The molecule has 3 rings (SSSR count). The molecule has 0 aliphatic rings. The number of carbonyl (C=O) groups is 2. The molecule has 32 heavy (non-hydrogen) atoms. The minimum atomic E-state index is -4.49. The Morgan fingerprint density at radius 3 is 2.50 bits per heavy atom. The van der Waals surface area contributed by atoms with E-state index in [0.29, 0.717) is 16.5 Å². The molecule has 2 amide bonds. The van der Waals surface area contributed by atoms with Crippen LogP contribution in [0.3, 0.4) is 0 Å². The number of amides is 2. The van der Waals surface area contributed by atoms with E-state index >= 15 is 0 Å². The summed E-state index contributed by atoms with van der Waals surface area (Å²) in [5.74, 6) is -0.307. The summed E-state index contributed by atoms with van der Waals surface area (Å²) >= 11 is 1.08. The molecule has 7 nitrogen and oxygen atoms in total. The molecule has 0 atom stereocenters. The number of aryl methyl sites for hydroxylation is 1. The van der Waals surface area contributed by atoms with Gasteiger partial charge in [-0.3, -0.25) is 9.59 Å². The number of thioether (sulfide) groups is 1. The largest absolute Gasteiger partial charge is 0.416 e. The Morgan fingerprint density at radius 2 is 1.81 bits per heavy atom. The van der Waals surface area contributed by atoms with Gasteiger partial charge in [-0.15, -0.1) is 10.2 Å². The molecular weight excluding hydrogens is 443 g/mol. The first kappa shape index (κ1) is 23.3. The van der Waals surface area contributed by atoms with E-state index < -0.39 is 17.6 Å². The van der Waals surface area contributed by atoms with Crippen molar-refractivity contribution in [3.63, 3.8) is 0 Å². The van der Waals surface area contributed by atoms with Crippen molar-refractivity contribution in [3.05, 3.63) is 71.0 Å². The lowest BCUT2D eigenvalue weighted by Crippen LogP contribution is -2.24. The molecule has 11 heteroatoms. The van der Waals surface area contributed by atoms with E-state index in [2.05, 4.69) is 20.8 Å². The number of hydrogen-bond acceptors (Lipinski definition) is 5. The molecule has 0 radical (unpaired) electrons. The van der Waals surface area contributed by atoms with Crippen LogP contribution in [-0.4, -0.2) is 32.3 Å². The van der Waals surface area contributed by atoms with Gasteiger partial charge >= 0.3 is 6.18 Å². The smallest absolute Gasteiger partial charge is 0.345 e. The minimum absolute atomic E-state index is 0.0582. The van der Waals surface area contributed by atoms with Crippen LogP contribution in [0.1, 0.15) is 27.3 Å². The van der Waals surface area contributed by atoms with E-state index in [-0.39, 0.29) is 23.9 Å². The molecule has 0 spiro atoms. The van der Waals surface area contributed by atoms with Gasteiger partial charge in [0.05, 0.1) is 17.9 Å². The van der Waals surface area contributed by atoms with Gasteiger partial charge in [-0.1, -0.05) is 35.5 Å². The average molecular weight is 463 g/mol. The van der Waals surface area contributed by atoms with E-state index in [1.807, 2.05) is 19.1 Å². The summed E-state index contributed by atoms with van der Waals surface area (Å²) < 4.78 is 40.0. The predicted molar refractivity (Wildman–Crippen MR) is 114 cm³/mol. The van der Waals surface area contributed by atoms with Gasteiger partial charge in [-0.25, -0.2) is 0 Å². The number of nitrogens with one attached hydrogen (secondary N) is 2. The van der Waals surface area contributed by atoms with E-state index in [1.165, 1.54) is 12.1 Å². The predicted octanol–water partition coefficient (Wildman–Crippen LogP) is 3.80. The van der Waals surface area contributed by atoms with Crippen LogP contribution in [0.4, 0.5) is 18.9 Å². The maximum atomic E-state index is 12.8. The molecule has 2 N–H and O–H groups in total. The molecule has 0 saturated heterocycles. The number of carbonyl (C=O) groups excluding carboxylic acids is 2. The highest BCUT2D eigenvalue weighted by molar-refractivity contribution is 7.99. The number of aromatic nitrogens is 3. The van der Waals surface area contributed by atoms with Crippen LogP contribution in [0.15, 0.2) is 53.7 Å². The van der Waals surface area contributed by atoms with Gasteiger partial charge in [-0.2, -0.15) is 13.2 Å². The van der Waals surface area contributed by atoms with E-state index in [4.69, 9.17) is 0 Å². The van der Waals surface area contributed by atoms with Crippen LogP contribution in [0.25, 0.3) is 0 Å². The van der Waals surface area contributed by atoms with E-state index in [9.17, 15) is 22.8 Å². The van der Waals surface area contributed by atoms with Gasteiger partial charge < -0.3 is 15.2 Å². The van der Waals surface area contributed by atoms with Crippen molar-refractivity contribution < 1.29 is 22.8 Å². The molecule has 1 heterocycles. The zero-order valence-electron chi connectivity index (χ0n) is 17.2. The summed E-state index contributed by atoms with van der Waals surface area (Å²) in [5, 5.41) is 13.7. The molecule has 0 bridgehead atoms. The number of halogens is 3. The second kappa shape index (κ2) is 9.86. The van der Waals surface area contributed by atoms with E-state index in [1.54, 1.807) is 23.7 Å². The van der Waals surface area contributed by atoms with Gasteiger partial charge in [-0.05, 0) is 37.3 Å². The molecule has 2 aromatic carbocycles. The highest BCUT2D eigenvalue weighted by atomic mass is 32.2. The highest BCUT2D eigenvalue weighted by Gasteiger charge is 2.30. The SMILES string of the molecule is Cc1ccc(C(=O)NCc2nnc(SCC(=O)Nc3cccc(C(F)(F)F)c3)n2C)cc1. The second-order valence-electron chi connectivity index (χ2n) is 6.92. The number of alkyl halides is 3. The monoisotopic (exact) mass is 463 g/mol. The highest BCUT2D eigenvalue weighted by Crippen LogP contribution is 2.30. The number of anilines is 1. The van der Waals surface area contributed by atoms with Crippen LogP contribution in [0, 0.1) is 6.92 Å². The van der Waals surface area contributed by atoms with Crippen LogP contribution in [0.5, 0.6) is 0 Å². The first-order valence-electron chi connectivity index (χ1n) is 9.46. The third-order valence-electron chi connectivity index (χ3n) is 4.45. The summed E-state index contributed by atoms with van der Waals surface area (Å²) in [6.07, 6.45) is -4.49. The number of benzene rings is 2. The first-order valence-corrected chi connectivity index (χ1v) is 10.4. The maximum Gasteiger partial charge on any atom is 0.416 e. The van der Waals surface area contributed by atoms with E-state index in [0.717, 1.165) is 29.5 Å². The first-order chi connectivity index (χ1) is 15.1. The van der Waals surface area contributed by atoms with Crippen molar-refractivity contribution >= 4 is 29.3 Å². The van der Waals surface area contributed by atoms with Crippen LogP contribution in [-0.2, 0) is 24.6 Å². The third kappa shape index (κ3) is 6.10. The average Bonchev–Trinajstić information content (AvgIpc) is 3.10. The Morgan fingerprint density at radius 1 is 1.09 bits per heavy atom. The van der Waals surface area contributed by atoms with Crippen LogP contribution < -0.4 is 10.6 Å². The summed E-state index contributed by atoms with van der Waals surface area (Å²) in [6.45, 7) is 2.08. The number of rotatable bonds is 7. The van der Waals surface area contributed by atoms with Crippen LogP contribution >= 0.6 is 11.8 Å². The Balaban J connectivity index is 1.53. The standard InChI is InChI=1S/C21H20F3N5O2S/c1-13-6-8-14(9-7-13)19(31)25-11-17-27-28-20(29(17)2)32-12-18(30)26-16-5-3-4-15(10-16)21(22,23)24/h3-10H,11-12H2,1-2H3,(H,25,31)(H,26,30). The molecule has 168 valence electrons. The fourth-order valence-corrected chi connectivity index (χ4v) is 3.42. The Hall–Kier alpha value is -3.34. The summed E-state index contributed by atoms with van der Waals surface area (Å²) in [6, 6.07) is 11.6. The van der Waals surface area contributed by atoms with Gasteiger partial charge in [0.25, 0.3) is 5.91 Å². The fraction of sp³-hybridized carbons (Fsp3) is 0.238. The van der Waals surface area contributed by atoms with Crippen molar-refractivity contribution in [2.75, 3.05) is 11.1 Å². The molecule has 1 aromatic heterocycles. The van der Waals surface area contributed by atoms with Crippen molar-refractivity contribution in [1.82, 2.24) is 20.1 Å². The third-order valence-corrected chi connectivity index (χ3v) is 5.47. The summed E-state index contributed by atoms with van der Waals surface area (Å²) in [4.78, 5) is 24.4. The number of hydrogen-bond donors (Lipinski definition) is 2. The van der Waals surface area contributed by atoms with Crippen molar-refractivity contribution in [3.8, 4) is 0 Å². The zero-order valence-corrected chi connectivity index (χ0v) is 18.0. The fourth-order valence-electron chi connectivity index (χ4n) is 2.69. The van der Waals surface area contributed by atoms with Crippen molar-refractivity contribution in [2.24, 2.45) is 7.05 Å². The van der Waals surface area contributed by atoms with Gasteiger partial charge in [0.1, 0.15) is 0 Å². The Labute approximate surface area is 186 Å². The second-order valence-corrected chi connectivity index (χ2v) is 7.86. The molecule has 0 saturated carbocycles. The lowest BCUT2D eigenvalue weighted by atomic mass is 10.1. The molecule has 0 unspecified atom stereocenters. The van der Waals surface area contributed by atoms with Gasteiger partial charge in [0.15, 0.2) is 11.0 Å².